The molecule has 8 heteroatoms. The third-order valence-corrected chi connectivity index (χ3v) is 4.05. The van der Waals surface area contributed by atoms with Gasteiger partial charge in [-0.3, -0.25) is 9.48 Å². The quantitative estimate of drug-likeness (QED) is 0.686. The zero-order chi connectivity index (χ0) is 17.6. The van der Waals surface area contributed by atoms with Crippen molar-refractivity contribution in [3.8, 4) is 0 Å². The molecule has 7 nitrogen and oxygen atoms in total. The molecule has 2 aromatic heterocycles. The van der Waals surface area contributed by atoms with Gasteiger partial charge in [-0.15, -0.1) is 11.3 Å². The number of nitrogens with one attached hydrogen (secondary N) is 1. The number of rotatable bonds is 6. The topological polar surface area (TPSA) is 86.1 Å². The monoisotopic (exact) mass is 356 g/mol. The molecule has 0 radical (unpaired) electrons. The number of aromatic nitrogens is 3. The molecule has 0 aliphatic carbocycles. The molecule has 128 valence electrons. The normalized spacial score (nSPS) is 10.4. The highest BCUT2D eigenvalue weighted by molar-refractivity contribution is 7.13. The molecule has 1 N–H and O–H groups in total. The maximum atomic E-state index is 12.1. The van der Waals surface area contributed by atoms with Crippen LogP contribution < -0.4 is 5.32 Å². The van der Waals surface area contributed by atoms with Crippen LogP contribution in [0.4, 0.5) is 5.13 Å². The van der Waals surface area contributed by atoms with Crippen molar-refractivity contribution in [2.24, 2.45) is 0 Å². The van der Waals surface area contributed by atoms with Crippen LogP contribution in [0.1, 0.15) is 28.5 Å². The van der Waals surface area contributed by atoms with E-state index in [2.05, 4.69) is 15.4 Å². The molecule has 0 bridgehead atoms. The van der Waals surface area contributed by atoms with Crippen LogP contribution in [0.3, 0.4) is 0 Å². The second-order valence-corrected chi connectivity index (χ2v) is 6.17. The number of esters is 1. The van der Waals surface area contributed by atoms with Crippen LogP contribution in [0.5, 0.6) is 0 Å². The number of anilines is 1. The maximum Gasteiger partial charge on any atom is 0.341 e. The van der Waals surface area contributed by atoms with Gasteiger partial charge in [-0.05, 0) is 5.56 Å². The summed E-state index contributed by atoms with van der Waals surface area (Å²) in [4.78, 5) is 27.2. The van der Waals surface area contributed by atoms with Gasteiger partial charge in [0.25, 0.3) is 0 Å². The first-order valence-electron chi connectivity index (χ1n) is 7.55. The molecule has 0 aliphatic rings. The predicted octanol–water partition coefficient (Wildman–Crippen LogP) is 2.70. The number of hydrogen-bond acceptors (Lipinski definition) is 6. The van der Waals surface area contributed by atoms with Crippen LogP contribution in [0, 0.1) is 0 Å². The lowest BCUT2D eigenvalue weighted by Crippen LogP contribution is -2.07. The van der Waals surface area contributed by atoms with Crippen LogP contribution in [-0.2, 0) is 22.7 Å². The Morgan fingerprint density at radius 3 is 2.84 bits per heavy atom. The number of benzene rings is 1. The number of carbonyl (C=O) groups is 2. The van der Waals surface area contributed by atoms with Crippen molar-refractivity contribution >= 4 is 28.3 Å². The molecule has 25 heavy (non-hydrogen) atoms. The van der Waals surface area contributed by atoms with Crippen molar-refractivity contribution in [3.63, 3.8) is 0 Å². The number of ether oxygens (including phenoxy) is 1. The first kappa shape index (κ1) is 16.8. The molecular formula is C17H16N4O3S. The Kier molecular flexibility index (Phi) is 5.20. The minimum Gasteiger partial charge on any atom is -0.455 e. The van der Waals surface area contributed by atoms with Gasteiger partial charge in [0.1, 0.15) is 6.61 Å². The number of amides is 1. The van der Waals surface area contributed by atoms with Gasteiger partial charge in [0, 0.05) is 18.5 Å². The lowest BCUT2D eigenvalue weighted by Gasteiger charge is -2.01. The van der Waals surface area contributed by atoms with E-state index in [4.69, 9.17) is 4.74 Å². The molecule has 0 spiro atoms. The molecule has 2 heterocycles. The Bertz CT molecular complexity index is 873. The summed E-state index contributed by atoms with van der Waals surface area (Å²) in [5.74, 6) is -0.655. The number of carbonyl (C=O) groups excluding carboxylic acids is 2. The van der Waals surface area contributed by atoms with Crippen LogP contribution in [0.25, 0.3) is 0 Å². The zero-order valence-electron chi connectivity index (χ0n) is 13.5. The van der Waals surface area contributed by atoms with E-state index in [1.807, 2.05) is 30.3 Å². The van der Waals surface area contributed by atoms with Crippen molar-refractivity contribution in [1.29, 1.82) is 0 Å². The zero-order valence-corrected chi connectivity index (χ0v) is 14.3. The van der Waals surface area contributed by atoms with E-state index < -0.39 is 5.97 Å². The molecular weight excluding hydrogens is 340 g/mol. The smallest absolute Gasteiger partial charge is 0.341 e. The van der Waals surface area contributed by atoms with Gasteiger partial charge in [0.2, 0.25) is 5.91 Å². The van der Waals surface area contributed by atoms with Crippen LogP contribution in [0.15, 0.2) is 48.1 Å². The second-order valence-electron chi connectivity index (χ2n) is 5.31. The Labute approximate surface area is 148 Å². The van der Waals surface area contributed by atoms with E-state index >= 15 is 0 Å². The van der Waals surface area contributed by atoms with Gasteiger partial charge in [-0.25, -0.2) is 9.78 Å². The largest absolute Gasteiger partial charge is 0.455 e. The summed E-state index contributed by atoms with van der Waals surface area (Å²) >= 11 is 1.28. The molecule has 0 saturated carbocycles. The Morgan fingerprint density at radius 1 is 1.28 bits per heavy atom. The molecule has 0 unspecified atom stereocenters. The number of thiazole rings is 1. The van der Waals surface area contributed by atoms with Crippen molar-refractivity contribution in [2.45, 2.75) is 20.1 Å². The average Bonchev–Trinajstić information content (AvgIpc) is 3.23. The molecule has 0 fully saturated rings. The Hall–Kier alpha value is -3.00. The number of nitrogens with zero attached hydrogens (tertiary/aromatic N) is 3. The van der Waals surface area contributed by atoms with Gasteiger partial charge in [-0.2, -0.15) is 5.10 Å². The fourth-order valence-corrected chi connectivity index (χ4v) is 2.87. The minimum absolute atomic E-state index is 0.0405. The summed E-state index contributed by atoms with van der Waals surface area (Å²) in [5, 5.41) is 8.98. The van der Waals surface area contributed by atoms with E-state index in [0.717, 1.165) is 5.56 Å². The Balaban J connectivity index is 1.55. The summed E-state index contributed by atoms with van der Waals surface area (Å²) in [6, 6.07) is 9.85. The molecule has 1 amide bonds. The summed E-state index contributed by atoms with van der Waals surface area (Å²) in [5.41, 5.74) is 2.06. The summed E-state index contributed by atoms with van der Waals surface area (Å²) < 4.78 is 6.92. The third-order valence-electron chi connectivity index (χ3n) is 3.24. The highest BCUT2D eigenvalue weighted by atomic mass is 32.1. The standard InChI is InChI=1S/C17H16N4O3S/c1-12(22)19-17-20-15(11-25-17)10-24-16(23)14-7-18-21(9-14)8-13-5-3-2-4-6-13/h2-7,9,11H,8,10H2,1H3,(H,19,20,22). The Morgan fingerprint density at radius 2 is 2.08 bits per heavy atom. The number of hydrogen-bond donors (Lipinski definition) is 1. The molecule has 0 atom stereocenters. The van der Waals surface area contributed by atoms with Gasteiger partial charge in [0.15, 0.2) is 5.13 Å². The molecule has 1 aromatic carbocycles. The first-order valence-corrected chi connectivity index (χ1v) is 8.43. The average molecular weight is 356 g/mol. The highest BCUT2D eigenvalue weighted by Gasteiger charge is 2.12. The van der Waals surface area contributed by atoms with Crippen molar-refractivity contribution in [3.05, 3.63) is 64.9 Å². The van der Waals surface area contributed by atoms with Crippen molar-refractivity contribution in [1.82, 2.24) is 14.8 Å². The lowest BCUT2D eigenvalue weighted by atomic mass is 10.2. The van der Waals surface area contributed by atoms with Crippen LogP contribution >= 0.6 is 11.3 Å². The van der Waals surface area contributed by atoms with Gasteiger partial charge in [0.05, 0.1) is 24.0 Å². The molecule has 3 rings (SSSR count). The van der Waals surface area contributed by atoms with E-state index in [1.54, 1.807) is 16.3 Å². The predicted molar refractivity (Wildman–Crippen MR) is 93.3 cm³/mol. The van der Waals surface area contributed by atoms with E-state index in [9.17, 15) is 9.59 Å². The van der Waals surface area contributed by atoms with Crippen LogP contribution in [0.2, 0.25) is 0 Å². The molecule has 0 saturated heterocycles. The lowest BCUT2D eigenvalue weighted by molar-refractivity contribution is -0.114. The molecule has 0 aliphatic heterocycles. The first-order chi connectivity index (χ1) is 12.1. The summed E-state index contributed by atoms with van der Waals surface area (Å²) in [6.07, 6.45) is 3.13. The molecule has 3 aromatic rings. The fourth-order valence-electron chi connectivity index (χ4n) is 2.13. The highest BCUT2D eigenvalue weighted by Crippen LogP contribution is 2.16. The van der Waals surface area contributed by atoms with E-state index in [1.165, 1.54) is 24.5 Å². The minimum atomic E-state index is -0.464. The van der Waals surface area contributed by atoms with E-state index in [-0.39, 0.29) is 12.5 Å². The van der Waals surface area contributed by atoms with Gasteiger partial charge in [-0.1, -0.05) is 30.3 Å². The van der Waals surface area contributed by atoms with Crippen molar-refractivity contribution in [2.75, 3.05) is 5.32 Å². The van der Waals surface area contributed by atoms with Gasteiger partial charge >= 0.3 is 5.97 Å². The third kappa shape index (κ3) is 4.74. The van der Waals surface area contributed by atoms with Gasteiger partial charge < -0.3 is 10.1 Å². The fraction of sp³-hybridized carbons (Fsp3) is 0.176. The maximum absolute atomic E-state index is 12.1. The van der Waals surface area contributed by atoms with E-state index in [0.29, 0.717) is 22.9 Å². The second kappa shape index (κ2) is 7.71. The summed E-state index contributed by atoms with van der Waals surface area (Å²) in [7, 11) is 0. The van der Waals surface area contributed by atoms with Crippen molar-refractivity contribution < 1.29 is 14.3 Å². The van der Waals surface area contributed by atoms with Crippen LogP contribution in [-0.4, -0.2) is 26.6 Å². The SMILES string of the molecule is CC(=O)Nc1nc(COC(=O)c2cnn(Cc3ccccc3)c2)cs1. The summed E-state index contributed by atoms with van der Waals surface area (Å²) in [6.45, 7) is 2.03.